The summed E-state index contributed by atoms with van der Waals surface area (Å²) in [6.45, 7) is 6.95. The van der Waals surface area contributed by atoms with Crippen molar-refractivity contribution >= 4 is 50.9 Å². The number of fused-ring (bicyclic) bond motifs is 4. The van der Waals surface area contributed by atoms with Gasteiger partial charge >= 0.3 is 0 Å². The van der Waals surface area contributed by atoms with E-state index in [1.54, 1.807) is 0 Å². The van der Waals surface area contributed by atoms with Gasteiger partial charge in [-0.1, -0.05) is 30.0 Å². The zero-order chi connectivity index (χ0) is 21.5. The van der Waals surface area contributed by atoms with Crippen molar-refractivity contribution in [2.45, 2.75) is 32.5 Å². The molecule has 0 spiro atoms. The summed E-state index contributed by atoms with van der Waals surface area (Å²) in [4.78, 5) is 17.0. The molecule has 0 aliphatic heterocycles. The Morgan fingerprint density at radius 3 is 2.68 bits per heavy atom. The Kier molecular flexibility index (Phi) is 4.86. The molecule has 8 heteroatoms. The van der Waals surface area contributed by atoms with E-state index in [0.29, 0.717) is 10.9 Å². The molecule has 0 atom stereocenters. The van der Waals surface area contributed by atoms with Gasteiger partial charge in [0.1, 0.15) is 0 Å². The minimum atomic E-state index is -0.0851. The van der Waals surface area contributed by atoms with E-state index in [4.69, 9.17) is 0 Å². The van der Waals surface area contributed by atoms with E-state index in [1.165, 1.54) is 28.2 Å². The average molecular weight is 431 g/mol. The third-order valence-electron chi connectivity index (χ3n) is 5.37. The first kappa shape index (κ1) is 19.6. The maximum Gasteiger partial charge on any atom is 0.256 e. The fourth-order valence-electron chi connectivity index (χ4n) is 4.09. The molecule has 0 bridgehead atoms. The third-order valence-corrected chi connectivity index (χ3v) is 6.30. The van der Waals surface area contributed by atoms with E-state index in [2.05, 4.69) is 62.3 Å². The number of carbonyl (C=O) groups is 1. The third kappa shape index (κ3) is 3.42. The molecule has 1 N–H and O–H groups in total. The van der Waals surface area contributed by atoms with Crippen molar-refractivity contribution < 1.29 is 4.79 Å². The summed E-state index contributed by atoms with van der Waals surface area (Å²) >= 11 is 1.35. The van der Waals surface area contributed by atoms with Crippen LogP contribution < -0.4 is 5.32 Å². The number of thioether (sulfide) groups is 1. The number of hydrogen-bond donors (Lipinski definition) is 1. The van der Waals surface area contributed by atoms with Crippen molar-refractivity contribution in [1.82, 2.24) is 24.1 Å². The Morgan fingerprint density at radius 1 is 1.03 bits per heavy atom. The van der Waals surface area contributed by atoms with Gasteiger partial charge in [0.15, 0.2) is 5.16 Å². The fraction of sp³-hybridized carbons (Fsp3) is 0.217. The highest BCUT2D eigenvalue weighted by atomic mass is 32.2. The Balaban J connectivity index is 1.37. The van der Waals surface area contributed by atoms with Crippen LogP contribution >= 0.6 is 11.8 Å². The topological polar surface area (TPSA) is 77.1 Å². The number of rotatable bonds is 5. The highest BCUT2D eigenvalue weighted by molar-refractivity contribution is 7.99. The van der Waals surface area contributed by atoms with Gasteiger partial charge in [0.25, 0.3) is 5.78 Å². The van der Waals surface area contributed by atoms with E-state index >= 15 is 0 Å². The monoisotopic (exact) mass is 430 g/mol. The van der Waals surface area contributed by atoms with Gasteiger partial charge < -0.3 is 9.88 Å². The molecule has 2 aromatic carbocycles. The van der Waals surface area contributed by atoms with Crippen molar-refractivity contribution in [3.05, 3.63) is 59.9 Å². The molecule has 0 aliphatic rings. The lowest BCUT2D eigenvalue weighted by molar-refractivity contribution is -0.113. The lowest BCUT2D eigenvalue weighted by Crippen LogP contribution is -2.14. The van der Waals surface area contributed by atoms with Gasteiger partial charge in [0.2, 0.25) is 5.91 Å². The number of hydrogen-bond acceptors (Lipinski definition) is 5. The molecule has 0 saturated carbocycles. The second kappa shape index (κ2) is 7.70. The van der Waals surface area contributed by atoms with Crippen LogP contribution in [0.4, 0.5) is 5.69 Å². The number of nitrogens with one attached hydrogen (secondary N) is 1. The van der Waals surface area contributed by atoms with Crippen LogP contribution in [0.3, 0.4) is 0 Å². The molecule has 0 fully saturated rings. The van der Waals surface area contributed by atoms with Crippen LogP contribution in [0, 0.1) is 13.8 Å². The molecule has 7 nitrogen and oxygen atoms in total. The summed E-state index contributed by atoms with van der Waals surface area (Å²) in [6, 6.07) is 16.4. The van der Waals surface area contributed by atoms with Gasteiger partial charge in [-0.25, -0.2) is 4.98 Å². The molecule has 0 unspecified atom stereocenters. The summed E-state index contributed by atoms with van der Waals surface area (Å²) < 4.78 is 4.16. The van der Waals surface area contributed by atoms with Crippen molar-refractivity contribution in [2.24, 2.45) is 0 Å². The van der Waals surface area contributed by atoms with E-state index < -0.39 is 0 Å². The van der Waals surface area contributed by atoms with E-state index in [1.807, 2.05) is 36.4 Å². The lowest BCUT2D eigenvalue weighted by atomic mass is 10.1. The summed E-state index contributed by atoms with van der Waals surface area (Å²) in [5.41, 5.74) is 5.05. The van der Waals surface area contributed by atoms with Gasteiger partial charge in [0, 0.05) is 45.4 Å². The summed E-state index contributed by atoms with van der Waals surface area (Å²) in [5, 5.41) is 14.3. The van der Waals surface area contributed by atoms with Crippen LogP contribution in [0.1, 0.15) is 18.3 Å². The zero-order valence-electron chi connectivity index (χ0n) is 17.6. The number of anilines is 1. The SMILES string of the molecule is CCn1c2ccccc2c2cc(NC(=O)CSc3nnc4nc(C)cc(C)n34)ccc21. The quantitative estimate of drug-likeness (QED) is 0.412. The fourth-order valence-corrected chi connectivity index (χ4v) is 4.88. The number of aryl methyl sites for hydroxylation is 3. The number of aromatic nitrogens is 5. The van der Waals surface area contributed by atoms with E-state index in [9.17, 15) is 4.79 Å². The van der Waals surface area contributed by atoms with Gasteiger partial charge in [0.05, 0.1) is 5.75 Å². The van der Waals surface area contributed by atoms with E-state index in [-0.39, 0.29) is 11.7 Å². The first-order valence-corrected chi connectivity index (χ1v) is 11.2. The Hall–Kier alpha value is -3.39. The highest BCUT2D eigenvalue weighted by Crippen LogP contribution is 2.31. The second-order valence-corrected chi connectivity index (χ2v) is 8.43. The van der Waals surface area contributed by atoms with Crippen molar-refractivity contribution in [3.8, 4) is 0 Å². The second-order valence-electron chi connectivity index (χ2n) is 7.49. The highest BCUT2D eigenvalue weighted by Gasteiger charge is 2.14. The van der Waals surface area contributed by atoms with E-state index in [0.717, 1.165) is 29.0 Å². The number of benzene rings is 2. The molecule has 0 aliphatic carbocycles. The predicted octanol–water partition coefficient (Wildman–Crippen LogP) is 4.60. The first-order valence-electron chi connectivity index (χ1n) is 10.2. The molecule has 156 valence electrons. The van der Waals surface area contributed by atoms with Gasteiger partial charge in [-0.15, -0.1) is 10.2 Å². The minimum Gasteiger partial charge on any atom is -0.341 e. The normalized spacial score (nSPS) is 11.6. The predicted molar refractivity (Wildman–Crippen MR) is 125 cm³/mol. The molecular weight excluding hydrogens is 408 g/mol. The standard InChI is InChI=1S/C23H22N6OS/c1-4-28-19-8-6-5-7-17(19)18-12-16(9-10-20(18)28)25-21(30)13-31-23-27-26-22-24-14(2)11-15(3)29(22)23/h5-12H,4,13H2,1-3H3,(H,25,30). The molecule has 3 aromatic heterocycles. The maximum absolute atomic E-state index is 12.6. The molecular formula is C23H22N6OS. The van der Waals surface area contributed by atoms with Crippen molar-refractivity contribution in [2.75, 3.05) is 11.1 Å². The van der Waals surface area contributed by atoms with Crippen LogP contribution in [-0.4, -0.2) is 35.8 Å². The Labute approximate surface area is 183 Å². The van der Waals surface area contributed by atoms with Crippen molar-refractivity contribution in [1.29, 1.82) is 0 Å². The number of nitrogens with zero attached hydrogens (tertiary/aromatic N) is 5. The molecule has 1 amide bonds. The first-order chi connectivity index (χ1) is 15.0. The van der Waals surface area contributed by atoms with Gasteiger partial charge in [-0.2, -0.15) is 0 Å². The Bertz CT molecular complexity index is 1450. The number of carbonyl (C=O) groups excluding carboxylic acids is 1. The maximum atomic E-state index is 12.6. The van der Waals surface area contributed by atoms with Crippen LogP contribution in [-0.2, 0) is 11.3 Å². The molecule has 0 radical (unpaired) electrons. The average Bonchev–Trinajstić information content (AvgIpc) is 3.30. The van der Waals surface area contributed by atoms with Crippen LogP contribution in [0.5, 0.6) is 0 Å². The van der Waals surface area contributed by atoms with Crippen LogP contribution in [0.2, 0.25) is 0 Å². The Morgan fingerprint density at radius 2 is 1.84 bits per heavy atom. The molecule has 5 aromatic rings. The molecule has 0 saturated heterocycles. The van der Waals surface area contributed by atoms with Gasteiger partial charge in [-0.05, 0) is 51.1 Å². The number of para-hydroxylation sites is 1. The largest absolute Gasteiger partial charge is 0.341 e. The lowest BCUT2D eigenvalue weighted by Gasteiger charge is -2.07. The minimum absolute atomic E-state index is 0.0851. The zero-order valence-corrected chi connectivity index (χ0v) is 18.4. The van der Waals surface area contributed by atoms with Crippen LogP contribution in [0.25, 0.3) is 27.6 Å². The summed E-state index contributed by atoms with van der Waals surface area (Å²) in [6.07, 6.45) is 0. The van der Waals surface area contributed by atoms with Gasteiger partial charge in [-0.3, -0.25) is 9.20 Å². The van der Waals surface area contributed by atoms with Crippen LogP contribution in [0.15, 0.2) is 53.7 Å². The smallest absolute Gasteiger partial charge is 0.256 e. The number of amides is 1. The summed E-state index contributed by atoms with van der Waals surface area (Å²) in [7, 11) is 0. The molecule has 31 heavy (non-hydrogen) atoms. The van der Waals surface area contributed by atoms with Crippen molar-refractivity contribution in [3.63, 3.8) is 0 Å². The molecule has 5 rings (SSSR count). The summed E-state index contributed by atoms with van der Waals surface area (Å²) in [5.74, 6) is 0.708. The molecule has 3 heterocycles.